The number of rotatable bonds is 4. The van der Waals surface area contributed by atoms with Gasteiger partial charge in [0.2, 0.25) is 0 Å². The Morgan fingerprint density at radius 1 is 1.44 bits per heavy atom. The van der Waals surface area contributed by atoms with Gasteiger partial charge in [-0.05, 0) is 33.6 Å². The van der Waals surface area contributed by atoms with E-state index in [1.165, 1.54) is 31.2 Å². The van der Waals surface area contributed by atoms with Gasteiger partial charge in [0.05, 0.1) is 6.20 Å². The first-order chi connectivity index (χ1) is 7.59. The van der Waals surface area contributed by atoms with Crippen LogP contribution in [0, 0.1) is 0 Å². The molecule has 1 N–H and O–H groups in total. The smallest absolute Gasteiger partial charge is 0.0534 e. The molecule has 0 aromatic carbocycles. The molecule has 0 aliphatic heterocycles. The third kappa shape index (κ3) is 2.64. The van der Waals surface area contributed by atoms with Crippen LogP contribution in [0.4, 0.5) is 0 Å². The van der Waals surface area contributed by atoms with Crippen molar-refractivity contribution in [2.75, 3.05) is 0 Å². The maximum absolute atomic E-state index is 4.36. The summed E-state index contributed by atoms with van der Waals surface area (Å²) in [6.45, 7) is 7.60. The molecule has 1 aromatic heterocycles. The highest BCUT2D eigenvalue weighted by Gasteiger charge is 2.27. The highest BCUT2D eigenvalue weighted by Crippen LogP contribution is 2.29. The lowest BCUT2D eigenvalue weighted by molar-refractivity contribution is 0.362. The number of nitrogens with one attached hydrogen (secondary N) is 1. The summed E-state index contributed by atoms with van der Waals surface area (Å²) in [5, 5.41) is 8.03. The van der Waals surface area contributed by atoms with Crippen molar-refractivity contribution in [1.82, 2.24) is 15.1 Å². The molecule has 0 bridgehead atoms. The molecule has 90 valence electrons. The molecule has 0 saturated heterocycles. The molecular formula is C13H23N3. The van der Waals surface area contributed by atoms with Crippen molar-refractivity contribution in [2.24, 2.45) is 0 Å². The van der Waals surface area contributed by atoms with Crippen LogP contribution in [0.5, 0.6) is 0 Å². The first-order valence-electron chi connectivity index (χ1n) is 6.37. The molecule has 3 heteroatoms. The SMILES string of the molecule is CC(C)n1cc(CNC2(C)CCCC2)cn1. The Morgan fingerprint density at radius 2 is 2.12 bits per heavy atom. The molecule has 0 unspecified atom stereocenters. The van der Waals surface area contributed by atoms with Crippen molar-refractivity contribution in [3.05, 3.63) is 18.0 Å². The van der Waals surface area contributed by atoms with Gasteiger partial charge in [-0.25, -0.2) is 0 Å². The van der Waals surface area contributed by atoms with E-state index in [9.17, 15) is 0 Å². The zero-order valence-electron chi connectivity index (χ0n) is 10.7. The second-order valence-electron chi connectivity index (χ2n) is 5.54. The van der Waals surface area contributed by atoms with E-state index in [0.717, 1.165) is 6.54 Å². The molecular weight excluding hydrogens is 198 g/mol. The van der Waals surface area contributed by atoms with E-state index in [-0.39, 0.29) is 0 Å². The van der Waals surface area contributed by atoms with E-state index in [0.29, 0.717) is 11.6 Å². The number of hydrogen-bond donors (Lipinski definition) is 1. The maximum Gasteiger partial charge on any atom is 0.0534 e. The molecule has 1 aliphatic carbocycles. The van der Waals surface area contributed by atoms with Crippen LogP contribution in [-0.2, 0) is 6.54 Å². The van der Waals surface area contributed by atoms with Crippen LogP contribution >= 0.6 is 0 Å². The second-order valence-corrected chi connectivity index (χ2v) is 5.54. The lowest BCUT2D eigenvalue weighted by atomic mass is 10.0. The molecule has 3 nitrogen and oxygen atoms in total. The lowest BCUT2D eigenvalue weighted by Crippen LogP contribution is -2.38. The maximum atomic E-state index is 4.36. The van der Waals surface area contributed by atoms with E-state index in [1.807, 2.05) is 10.9 Å². The van der Waals surface area contributed by atoms with Crippen molar-refractivity contribution < 1.29 is 0 Å². The predicted octanol–water partition coefficient (Wildman–Crippen LogP) is 2.89. The zero-order valence-corrected chi connectivity index (χ0v) is 10.7. The van der Waals surface area contributed by atoms with Crippen molar-refractivity contribution in [3.63, 3.8) is 0 Å². The van der Waals surface area contributed by atoms with Crippen LogP contribution in [0.1, 0.15) is 58.1 Å². The fraction of sp³-hybridized carbons (Fsp3) is 0.769. The first kappa shape index (κ1) is 11.6. The van der Waals surface area contributed by atoms with Gasteiger partial charge in [0.1, 0.15) is 0 Å². The van der Waals surface area contributed by atoms with Crippen LogP contribution in [-0.4, -0.2) is 15.3 Å². The van der Waals surface area contributed by atoms with Crippen LogP contribution in [0.15, 0.2) is 12.4 Å². The standard InChI is InChI=1S/C13H23N3/c1-11(2)16-10-12(9-15-16)8-14-13(3)6-4-5-7-13/h9-11,14H,4-8H2,1-3H3. The lowest BCUT2D eigenvalue weighted by Gasteiger charge is -2.24. The molecule has 2 rings (SSSR count). The minimum atomic E-state index is 0.361. The molecule has 1 saturated carbocycles. The average Bonchev–Trinajstić information content (AvgIpc) is 2.84. The third-order valence-electron chi connectivity index (χ3n) is 3.61. The Hall–Kier alpha value is -0.830. The van der Waals surface area contributed by atoms with Crippen molar-refractivity contribution in [2.45, 2.75) is 64.6 Å². The van der Waals surface area contributed by atoms with Crippen LogP contribution in [0.2, 0.25) is 0 Å². The molecule has 1 aromatic rings. The summed E-state index contributed by atoms with van der Waals surface area (Å²) < 4.78 is 2.02. The number of aromatic nitrogens is 2. The fourth-order valence-electron chi connectivity index (χ4n) is 2.40. The van der Waals surface area contributed by atoms with E-state index in [1.54, 1.807) is 0 Å². The number of nitrogens with zero attached hydrogens (tertiary/aromatic N) is 2. The predicted molar refractivity (Wildman–Crippen MR) is 66.3 cm³/mol. The third-order valence-corrected chi connectivity index (χ3v) is 3.61. The van der Waals surface area contributed by atoms with E-state index < -0.39 is 0 Å². The van der Waals surface area contributed by atoms with Crippen molar-refractivity contribution in [1.29, 1.82) is 0 Å². The summed E-state index contributed by atoms with van der Waals surface area (Å²) in [4.78, 5) is 0. The molecule has 0 radical (unpaired) electrons. The topological polar surface area (TPSA) is 29.9 Å². The molecule has 0 spiro atoms. The van der Waals surface area contributed by atoms with Crippen LogP contribution < -0.4 is 5.32 Å². The monoisotopic (exact) mass is 221 g/mol. The quantitative estimate of drug-likeness (QED) is 0.847. The largest absolute Gasteiger partial charge is 0.307 e. The molecule has 1 fully saturated rings. The van der Waals surface area contributed by atoms with Gasteiger partial charge < -0.3 is 5.32 Å². The summed E-state index contributed by atoms with van der Waals surface area (Å²) in [6.07, 6.45) is 9.49. The minimum absolute atomic E-state index is 0.361. The van der Waals surface area contributed by atoms with Gasteiger partial charge >= 0.3 is 0 Å². The normalized spacial score (nSPS) is 19.5. The van der Waals surface area contributed by atoms with Gasteiger partial charge in [0, 0.05) is 29.9 Å². The summed E-state index contributed by atoms with van der Waals surface area (Å²) in [6, 6.07) is 0.454. The van der Waals surface area contributed by atoms with Crippen LogP contribution in [0.25, 0.3) is 0 Å². The minimum Gasteiger partial charge on any atom is -0.307 e. The summed E-state index contributed by atoms with van der Waals surface area (Å²) in [5.74, 6) is 0. The Balaban J connectivity index is 1.89. The highest BCUT2D eigenvalue weighted by atomic mass is 15.3. The van der Waals surface area contributed by atoms with Crippen LogP contribution in [0.3, 0.4) is 0 Å². The molecule has 0 amide bonds. The Morgan fingerprint density at radius 3 is 2.69 bits per heavy atom. The van der Waals surface area contributed by atoms with Gasteiger partial charge in [-0.1, -0.05) is 12.8 Å². The first-order valence-corrected chi connectivity index (χ1v) is 6.37. The summed E-state index contributed by atoms with van der Waals surface area (Å²) in [7, 11) is 0. The van der Waals surface area contributed by atoms with Crippen molar-refractivity contribution in [3.8, 4) is 0 Å². The summed E-state index contributed by atoms with van der Waals surface area (Å²) in [5.41, 5.74) is 1.65. The average molecular weight is 221 g/mol. The Kier molecular flexibility index (Phi) is 3.33. The van der Waals surface area contributed by atoms with Gasteiger partial charge in [-0.15, -0.1) is 0 Å². The second kappa shape index (κ2) is 4.58. The molecule has 0 atom stereocenters. The number of hydrogen-bond acceptors (Lipinski definition) is 2. The molecule has 16 heavy (non-hydrogen) atoms. The fourth-order valence-corrected chi connectivity index (χ4v) is 2.40. The van der Waals surface area contributed by atoms with Gasteiger partial charge in [0.15, 0.2) is 0 Å². The van der Waals surface area contributed by atoms with Gasteiger partial charge in [-0.2, -0.15) is 5.10 Å². The van der Waals surface area contributed by atoms with Gasteiger partial charge in [0.25, 0.3) is 0 Å². The van der Waals surface area contributed by atoms with E-state index >= 15 is 0 Å². The molecule has 1 aliphatic rings. The van der Waals surface area contributed by atoms with E-state index in [2.05, 4.69) is 37.4 Å². The van der Waals surface area contributed by atoms with Crippen molar-refractivity contribution >= 4 is 0 Å². The van der Waals surface area contributed by atoms with E-state index in [4.69, 9.17) is 0 Å². The highest BCUT2D eigenvalue weighted by molar-refractivity contribution is 5.05. The Bertz CT molecular complexity index is 335. The summed E-state index contributed by atoms with van der Waals surface area (Å²) >= 11 is 0. The van der Waals surface area contributed by atoms with Gasteiger partial charge in [-0.3, -0.25) is 4.68 Å². The zero-order chi connectivity index (χ0) is 11.6. The Labute approximate surface area is 98.2 Å². The molecule has 1 heterocycles.